The number of likely N-dealkylation sites (tertiary alicyclic amines) is 1. The first-order chi connectivity index (χ1) is 17.4. The molecule has 2 atom stereocenters. The Morgan fingerprint density at radius 3 is 2.92 bits per heavy atom. The third-order valence-electron chi connectivity index (χ3n) is 6.59. The fourth-order valence-corrected chi connectivity index (χ4v) is 4.65. The summed E-state index contributed by atoms with van der Waals surface area (Å²) in [6.45, 7) is 3.68. The minimum atomic E-state index is -0.353. The maximum atomic E-state index is 13.5. The number of amides is 1. The van der Waals surface area contributed by atoms with Gasteiger partial charge < -0.3 is 19.5 Å². The molecule has 1 saturated heterocycles. The Morgan fingerprint density at radius 1 is 1.31 bits per heavy atom. The van der Waals surface area contributed by atoms with E-state index in [1.165, 1.54) is 6.20 Å². The number of β-amino-alcohol motifs (C(OH)–C–C–N with tert-alkyl or cyclic N) is 1. The predicted octanol–water partition coefficient (Wildman–Crippen LogP) is 2.09. The number of aromatic amines is 1. The zero-order valence-corrected chi connectivity index (χ0v) is 20.2. The van der Waals surface area contributed by atoms with Crippen LogP contribution in [-0.2, 0) is 11.2 Å². The van der Waals surface area contributed by atoms with Crippen molar-refractivity contribution < 1.29 is 14.4 Å². The Bertz CT molecular complexity index is 1450. The summed E-state index contributed by atoms with van der Waals surface area (Å²) in [5.41, 5.74) is 3.52. The monoisotopic (exact) mass is 488 g/mol. The van der Waals surface area contributed by atoms with Gasteiger partial charge in [0, 0.05) is 39.2 Å². The van der Waals surface area contributed by atoms with Gasteiger partial charge in [-0.25, -0.2) is 4.98 Å². The summed E-state index contributed by atoms with van der Waals surface area (Å²) in [6, 6.07) is 13.0. The molecule has 1 fully saturated rings. The van der Waals surface area contributed by atoms with Crippen molar-refractivity contribution in [2.75, 3.05) is 26.7 Å². The highest BCUT2D eigenvalue weighted by Crippen LogP contribution is 2.27. The number of hydrogen-bond acceptors (Lipinski definition) is 8. The van der Waals surface area contributed by atoms with Gasteiger partial charge >= 0.3 is 0 Å². The van der Waals surface area contributed by atoms with Gasteiger partial charge in [-0.05, 0) is 35.7 Å². The number of aliphatic hydroxyl groups is 1. The van der Waals surface area contributed by atoms with E-state index < -0.39 is 0 Å². The standard InChI is InChI=1S/C26H28N6O4/c1-16-28-26(30-36-16)19-5-3-4-18(12-19)23(15-32-9-8-20(33)14-32)31(2)25(35)11-17-6-7-21-22(10-17)29-24(34)13-27-21/h3-7,10,12-13,20,23,33H,8-9,11,14-15H2,1-2H3,(H,29,34)/t20?,23-/m1/s1. The molecule has 186 valence electrons. The number of aryl methyl sites for hydroxylation is 1. The fraction of sp³-hybridized carbons (Fsp3) is 0.346. The third-order valence-corrected chi connectivity index (χ3v) is 6.59. The average molecular weight is 489 g/mol. The average Bonchev–Trinajstić information content (AvgIpc) is 3.49. The molecule has 0 radical (unpaired) electrons. The molecule has 1 amide bonds. The molecule has 5 rings (SSSR count). The zero-order chi connectivity index (χ0) is 25.2. The number of fused-ring (bicyclic) bond motifs is 1. The van der Waals surface area contributed by atoms with Gasteiger partial charge in [0.05, 0.1) is 35.8 Å². The van der Waals surface area contributed by atoms with Crippen molar-refractivity contribution in [1.29, 1.82) is 0 Å². The van der Waals surface area contributed by atoms with Crippen molar-refractivity contribution >= 4 is 16.9 Å². The van der Waals surface area contributed by atoms with Gasteiger partial charge in [-0.1, -0.05) is 29.4 Å². The summed E-state index contributed by atoms with van der Waals surface area (Å²) in [4.78, 5) is 40.3. The van der Waals surface area contributed by atoms with E-state index in [4.69, 9.17) is 4.52 Å². The number of H-pyrrole nitrogens is 1. The van der Waals surface area contributed by atoms with E-state index >= 15 is 0 Å². The fourth-order valence-electron chi connectivity index (χ4n) is 4.65. The molecule has 2 N–H and O–H groups in total. The van der Waals surface area contributed by atoms with Crippen LogP contribution in [-0.4, -0.2) is 73.7 Å². The Morgan fingerprint density at radius 2 is 2.17 bits per heavy atom. The van der Waals surface area contributed by atoms with Crippen molar-refractivity contribution in [2.45, 2.75) is 31.9 Å². The molecular formula is C26H28N6O4. The third kappa shape index (κ3) is 5.19. The van der Waals surface area contributed by atoms with E-state index in [2.05, 4.69) is 25.0 Å². The molecule has 0 spiro atoms. The van der Waals surface area contributed by atoms with Crippen molar-refractivity contribution in [3.63, 3.8) is 0 Å². The number of nitrogens with zero attached hydrogens (tertiary/aromatic N) is 5. The molecule has 36 heavy (non-hydrogen) atoms. The lowest BCUT2D eigenvalue weighted by molar-refractivity contribution is -0.131. The second-order valence-corrected chi connectivity index (χ2v) is 9.26. The summed E-state index contributed by atoms with van der Waals surface area (Å²) in [7, 11) is 1.80. The summed E-state index contributed by atoms with van der Waals surface area (Å²) < 4.78 is 5.14. The van der Waals surface area contributed by atoms with Crippen molar-refractivity contribution in [1.82, 2.24) is 29.9 Å². The molecular weight excluding hydrogens is 460 g/mol. The van der Waals surface area contributed by atoms with Gasteiger partial charge in [-0.3, -0.25) is 14.5 Å². The van der Waals surface area contributed by atoms with E-state index in [1.54, 1.807) is 31.0 Å². The molecule has 4 aromatic rings. The second kappa shape index (κ2) is 10.00. The van der Waals surface area contributed by atoms with Gasteiger partial charge in [-0.2, -0.15) is 4.98 Å². The van der Waals surface area contributed by atoms with E-state index in [9.17, 15) is 14.7 Å². The first-order valence-electron chi connectivity index (χ1n) is 11.9. The molecule has 1 aliphatic heterocycles. The molecule has 0 bridgehead atoms. The largest absolute Gasteiger partial charge is 0.392 e. The predicted molar refractivity (Wildman–Crippen MR) is 133 cm³/mol. The van der Waals surface area contributed by atoms with Gasteiger partial charge in [0.25, 0.3) is 5.56 Å². The lowest BCUT2D eigenvalue weighted by atomic mass is 10.0. The molecule has 0 saturated carbocycles. The van der Waals surface area contributed by atoms with Crippen LogP contribution in [0.4, 0.5) is 0 Å². The maximum absolute atomic E-state index is 13.5. The summed E-state index contributed by atoms with van der Waals surface area (Å²) in [5, 5.41) is 14.1. The van der Waals surface area contributed by atoms with Crippen LogP contribution in [0.15, 0.2) is 58.0 Å². The number of benzene rings is 2. The van der Waals surface area contributed by atoms with E-state index in [-0.39, 0.29) is 30.0 Å². The highest BCUT2D eigenvalue weighted by Gasteiger charge is 2.28. The Balaban J connectivity index is 1.41. The highest BCUT2D eigenvalue weighted by molar-refractivity contribution is 5.81. The molecule has 1 unspecified atom stereocenters. The quantitative estimate of drug-likeness (QED) is 0.405. The first-order valence-corrected chi connectivity index (χ1v) is 11.9. The molecule has 1 aliphatic rings. The number of hydrogen-bond donors (Lipinski definition) is 2. The van der Waals surface area contributed by atoms with E-state index in [0.717, 1.165) is 29.7 Å². The van der Waals surface area contributed by atoms with Crippen LogP contribution >= 0.6 is 0 Å². The number of nitrogens with one attached hydrogen (secondary N) is 1. The van der Waals surface area contributed by atoms with Crippen molar-refractivity contribution in [3.8, 4) is 11.4 Å². The number of rotatable bonds is 7. The molecule has 10 heteroatoms. The Kier molecular flexibility index (Phi) is 6.62. The molecule has 0 aliphatic carbocycles. The van der Waals surface area contributed by atoms with E-state index in [1.807, 2.05) is 30.3 Å². The topological polar surface area (TPSA) is 128 Å². The summed E-state index contributed by atoms with van der Waals surface area (Å²) in [5.74, 6) is 0.917. The van der Waals surface area contributed by atoms with Crippen LogP contribution in [0.25, 0.3) is 22.4 Å². The summed E-state index contributed by atoms with van der Waals surface area (Å²) in [6.07, 6.45) is 1.78. The number of carbonyl (C=O) groups excluding carboxylic acids is 1. The normalized spacial score (nSPS) is 16.9. The van der Waals surface area contributed by atoms with Gasteiger partial charge in [0.2, 0.25) is 17.6 Å². The van der Waals surface area contributed by atoms with E-state index in [0.29, 0.717) is 35.8 Å². The van der Waals surface area contributed by atoms with Crippen LogP contribution < -0.4 is 5.56 Å². The van der Waals surface area contributed by atoms with Crippen LogP contribution in [0, 0.1) is 6.92 Å². The van der Waals surface area contributed by atoms with Gasteiger partial charge in [0.15, 0.2) is 0 Å². The molecule has 2 aromatic carbocycles. The lowest BCUT2D eigenvalue weighted by Gasteiger charge is -2.32. The van der Waals surface area contributed by atoms with Gasteiger partial charge in [0.1, 0.15) is 0 Å². The second-order valence-electron chi connectivity index (χ2n) is 9.26. The number of aromatic nitrogens is 4. The smallest absolute Gasteiger partial charge is 0.266 e. The minimum absolute atomic E-state index is 0.0638. The molecule has 10 nitrogen and oxygen atoms in total. The number of aliphatic hydroxyl groups excluding tert-OH is 1. The number of likely N-dealkylation sites (N-methyl/N-ethyl adjacent to an activating group) is 1. The minimum Gasteiger partial charge on any atom is -0.392 e. The van der Waals surface area contributed by atoms with Crippen LogP contribution in [0.2, 0.25) is 0 Å². The first kappa shape index (κ1) is 23.8. The van der Waals surface area contributed by atoms with Gasteiger partial charge in [-0.15, -0.1) is 0 Å². The van der Waals surface area contributed by atoms with Crippen LogP contribution in [0.5, 0.6) is 0 Å². The van der Waals surface area contributed by atoms with Crippen LogP contribution in [0.1, 0.15) is 29.5 Å². The molecule has 3 heterocycles. The van der Waals surface area contributed by atoms with Crippen molar-refractivity contribution in [2.24, 2.45) is 0 Å². The van der Waals surface area contributed by atoms with Crippen molar-refractivity contribution in [3.05, 3.63) is 76.0 Å². The lowest BCUT2D eigenvalue weighted by Crippen LogP contribution is -2.39. The highest BCUT2D eigenvalue weighted by atomic mass is 16.5. The summed E-state index contributed by atoms with van der Waals surface area (Å²) >= 11 is 0. The molecule has 2 aromatic heterocycles. The Hall–Kier alpha value is -3.89. The Labute approximate surface area is 207 Å². The zero-order valence-electron chi connectivity index (χ0n) is 20.2. The number of carbonyl (C=O) groups is 1. The maximum Gasteiger partial charge on any atom is 0.266 e. The van der Waals surface area contributed by atoms with Crippen LogP contribution in [0.3, 0.4) is 0 Å². The SMILES string of the molecule is Cc1nc(-c2cccc([C@@H](CN3CCC(O)C3)N(C)C(=O)Cc3ccc4ncc(=O)[nH]c4c3)c2)no1.